The van der Waals surface area contributed by atoms with Crippen molar-refractivity contribution < 1.29 is 9.84 Å². The first-order chi connectivity index (χ1) is 7.27. The van der Waals surface area contributed by atoms with Crippen molar-refractivity contribution in [3.8, 4) is 18.1 Å². The van der Waals surface area contributed by atoms with Crippen molar-refractivity contribution in [3.05, 3.63) is 29.8 Å². The standard InChI is InChI=1S/C12H15NO2.ClH/c1-2-7-15-12-6-4-3-5-10(12)8-11(13)9-14;/h1,3-6,11,14H,7-9,13H2;1H. The van der Waals surface area contributed by atoms with Crippen LogP contribution in [0.5, 0.6) is 5.75 Å². The van der Waals surface area contributed by atoms with Crippen LogP contribution in [0.25, 0.3) is 0 Å². The minimum atomic E-state index is -0.263. The van der Waals surface area contributed by atoms with Crippen LogP contribution in [0.4, 0.5) is 0 Å². The summed E-state index contributed by atoms with van der Waals surface area (Å²) in [5.74, 6) is 3.14. The molecular formula is C12H16ClNO2. The lowest BCUT2D eigenvalue weighted by molar-refractivity contribution is 0.264. The second kappa shape index (κ2) is 8.00. The van der Waals surface area contributed by atoms with E-state index in [4.69, 9.17) is 22.0 Å². The highest BCUT2D eigenvalue weighted by atomic mass is 35.5. The van der Waals surface area contributed by atoms with Crippen molar-refractivity contribution in [2.45, 2.75) is 12.5 Å². The van der Waals surface area contributed by atoms with Gasteiger partial charge in [0.05, 0.1) is 6.61 Å². The number of terminal acetylenes is 1. The Morgan fingerprint density at radius 1 is 1.44 bits per heavy atom. The molecule has 3 nitrogen and oxygen atoms in total. The summed E-state index contributed by atoms with van der Waals surface area (Å²) in [6, 6.07) is 7.28. The van der Waals surface area contributed by atoms with Gasteiger partial charge in [-0.1, -0.05) is 24.1 Å². The third-order valence-electron chi connectivity index (χ3n) is 2.00. The maximum Gasteiger partial charge on any atom is 0.148 e. The molecule has 1 atom stereocenters. The first kappa shape index (κ1) is 14.8. The Morgan fingerprint density at radius 3 is 2.75 bits per heavy atom. The zero-order valence-electron chi connectivity index (χ0n) is 8.93. The number of ether oxygens (including phenoxy) is 1. The fourth-order valence-corrected chi connectivity index (χ4v) is 1.28. The van der Waals surface area contributed by atoms with Crippen LogP contribution in [0.2, 0.25) is 0 Å². The van der Waals surface area contributed by atoms with Gasteiger partial charge in [0.25, 0.3) is 0 Å². The second-order valence-corrected chi connectivity index (χ2v) is 3.25. The highest BCUT2D eigenvalue weighted by molar-refractivity contribution is 5.85. The third-order valence-corrected chi connectivity index (χ3v) is 2.00. The van der Waals surface area contributed by atoms with Gasteiger partial charge in [-0.3, -0.25) is 0 Å². The topological polar surface area (TPSA) is 55.5 Å². The molecule has 0 aliphatic carbocycles. The van der Waals surface area contributed by atoms with Crippen molar-refractivity contribution in [1.82, 2.24) is 0 Å². The Hall–Kier alpha value is -1.21. The van der Waals surface area contributed by atoms with Crippen LogP contribution < -0.4 is 10.5 Å². The molecule has 0 aliphatic heterocycles. The largest absolute Gasteiger partial charge is 0.481 e. The highest BCUT2D eigenvalue weighted by Gasteiger charge is 2.07. The summed E-state index contributed by atoms with van der Waals surface area (Å²) in [5, 5.41) is 8.86. The summed E-state index contributed by atoms with van der Waals surface area (Å²) in [7, 11) is 0. The van der Waals surface area contributed by atoms with Crippen LogP contribution in [-0.4, -0.2) is 24.4 Å². The fraction of sp³-hybridized carbons (Fsp3) is 0.333. The first-order valence-corrected chi connectivity index (χ1v) is 4.78. The van der Waals surface area contributed by atoms with E-state index in [0.29, 0.717) is 6.42 Å². The molecule has 1 rings (SSSR count). The third kappa shape index (κ3) is 4.54. The van der Waals surface area contributed by atoms with Gasteiger partial charge in [-0.2, -0.15) is 0 Å². The van der Waals surface area contributed by atoms with Gasteiger partial charge in [0, 0.05) is 6.04 Å². The van der Waals surface area contributed by atoms with Gasteiger partial charge in [-0.15, -0.1) is 18.8 Å². The van der Waals surface area contributed by atoms with Crippen molar-refractivity contribution in [2.75, 3.05) is 13.2 Å². The van der Waals surface area contributed by atoms with Crippen LogP contribution >= 0.6 is 12.4 Å². The fourth-order valence-electron chi connectivity index (χ4n) is 1.28. The Labute approximate surface area is 102 Å². The molecule has 3 N–H and O–H groups in total. The van der Waals surface area contributed by atoms with Gasteiger partial charge >= 0.3 is 0 Å². The maximum atomic E-state index is 8.86. The number of halogens is 1. The molecule has 88 valence electrons. The lowest BCUT2D eigenvalue weighted by Gasteiger charge is -2.12. The van der Waals surface area contributed by atoms with Gasteiger partial charge in [0.15, 0.2) is 0 Å². The number of nitrogens with two attached hydrogens (primary N) is 1. The van der Waals surface area contributed by atoms with Crippen molar-refractivity contribution in [2.24, 2.45) is 5.73 Å². The molecule has 1 aromatic rings. The Morgan fingerprint density at radius 2 is 2.12 bits per heavy atom. The van der Waals surface area contributed by atoms with Crippen molar-refractivity contribution in [1.29, 1.82) is 0 Å². The molecule has 1 aromatic carbocycles. The van der Waals surface area contributed by atoms with E-state index >= 15 is 0 Å². The molecule has 0 saturated carbocycles. The number of benzene rings is 1. The summed E-state index contributed by atoms with van der Waals surface area (Å²) in [6.07, 6.45) is 5.69. The van der Waals surface area contributed by atoms with E-state index < -0.39 is 0 Å². The summed E-state index contributed by atoms with van der Waals surface area (Å²) >= 11 is 0. The number of para-hydroxylation sites is 1. The van der Waals surface area contributed by atoms with Crippen LogP contribution in [0.3, 0.4) is 0 Å². The summed E-state index contributed by atoms with van der Waals surface area (Å²) in [6.45, 7) is 0.203. The molecule has 0 saturated heterocycles. The maximum absolute atomic E-state index is 8.86. The number of aliphatic hydroxyl groups excluding tert-OH is 1. The lowest BCUT2D eigenvalue weighted by atomic mass is 10.1. The predicted octanol–water partition coefficient (Wildman–Crippen LogP) is 0.982. The quantitative estimate of drug-likeness (QED) is 0.756. The van der Waals surface area contributed by atoms with Crippen molar-refractivity contribution in [3.63, 3.8) is 0 Å². The number of rotatable bonds is 5. The average Bonchev–Trinajstić information content (AvgIpc) is 2.28. The number of hydrogen-bond donors (Lipinski definition) is 2. The smallest absolute Gasteiger partial charge is 0.148 e. The van der Waals surface area contributed by atoms with E-state index in [9.17, 15) is 0 Å². The summed E-state index contributed by atoms with van der Waals surface area (Å²) in [5.41, 5.74) is 6.62. The molecule has 0 spiro atoms. The molecule has 16 heavy (non-hydrogen) atoms. The van der Waals surface area contributed by atoms with Crippen LogP contribution in [0, 0.1) is 12.3 Å². The monoisotopic (exact) mass is 241 g/mol. The van der Waals surface area contributed by atoms with Gasteiger partial charge in [-0.25, -0.2) is 0 Å². The van der Waals surface area contributed by atoms with Crippen molar-refractivity contribution >= 4 is 12.4 Å². The molecule has 0 aromatic heterocycles. The van der Waals surface area contributed by atoms with E-state index in [2.05, 4.69) is 5.92 Å². The minimum Gasteiger partial charge on any atom is -0.481 e. The molecule has 0 bridgehead atoms. The molecule has 1 unspecified atom stereocenters. The van der Waals surface area contributed by atoms with Crippen LogP contribution in [0.15, 0.2) is 24.3 Å². The zero-order valence-corrected chi connectivity index (χ0v) is 9.74. The van der Waals surface area contributed by atoms with E-state index in [-0.39, 0.29) is 31.7 Å². The molecule has 0 radical (unpaired) electrons. The van der Waals surface area contributed by atoms with Crippen LogP contribution in [-0.2, 0) is 6.42 Å². The molecule has 0 amide bonds. The highest BCUT2D eigenvalue weighted by Crippen LogP contribution is 2.18. The molecule has 0 heterocycles. The molecular weight excluding hydrogens is 226 g/mol. The van der Waals surface area contributed by atoms with E-state index in [1.807, 2.05) is 24.3 Å². The Bertz CT molecular complexity index is 349. The second-order valence-electron chi connectivity index (χ2n) is 3.25. The minimum absolute atomic E-state index is 0. The number of hydrogen-bond acceptors (Lipinski definition) is 3. The van der Waals surface area contributed by atoms with Gasteiger partial charge in [0.1, 0.15) is 12.4 Å². The van der Waals surface area contributed by atoms with E-state index in [1.54, 1.807) is 0 Å². The van der Waals surface area contributed by atoms with Gasteiger partial charge in [0.2, 0.25) is 0 Å². The average molecular weight is 242 g/mol. The molecule has 0 fully saturated rings. The summed E-state index contributed by atoms with van der Waals surface area (Å²) in [4.78, 5) is 0. The summed E-state index contributed by atoms with van der Waals surface area (Å²) < 4.78 is 5.36. The Balaban J connectivity index is 0.00000225. The van der Waals surface area contributed by atoms with E-state index in [1.165, 1.54) is 0 Å². The van der Waals surface area contributed by atoms with Gasteiger partial charge in [-0.05, 0) is 18.1 Å². The SMILES string of the molecule is C#CCOc1ccccc1CC(N)CO.Cl. The van der Waals surface area contributed by atoms with Crippen LogP contribution in [0.1, 0.15) is 5.56 Å². The Kier molecular flexibility index (Phi) is 7.40. The predicted molar refractivity (Wildman–Crippen MR) is 66.8 cm³/mol. The zero-order chi connectivity index (χ0) is 11.1. The van der Waals surface area contributed by atoms with Gasteiger partial charge < -0.3 is 15.6 Å². The first-order valence-electron chi connectivity index (χ1n) is 4.78. The molecule has 0 aliphatic rings. The number of aliphatic hydroxyl groups is 1. The normalized spacial score (nSPS) is 11.1. The lowest BCUT2D eigenvalue weighted by Crippen LogP contribution is -2.27. The molecule has 4 heteroatoms. The van der Waals surface area contributed by atoms with E-state index in [0.717, 1.165) is 11.3 Å².